The summed E-state index contributed by atoms with van der Waals surface area (Å²) in [5, 5.41) is 18.1. The monoisotopic (exact) mass is 549 g/mol. The number of esters is 1. The van der Waals surface area contributed by atoms with Crippen molar-refractivity contribution in [2.75, 3.05) is 25.5 Å². The van der Waals surface area contributed by atoms with Gasteiger partial charge in [-0.1, -0.05) is 6.07 Å². The van der Waals surface area contributed by atoms with Crippen LogP contribution in [0.25, 0.3) is 10.9 Å². The van der Waals surface area contributed by atoms with Gasteiger partial charge in [-0.25, -0.2) is 9.78 Å². The quantitative estimate of drug-likeness (QED) is 0.347. The summed E-state index contributed by atoms with van der Waals surface area (Å²) in [6, 6.07) is 5.99. The molecule has 1 unspecified atom stereocenters. The fraction of sp³-hybridized carbons (Fsp3) is 0.462. The Bertz CT molecular complexity index is 1360. The van der Waals surface area contributed by atoms with Crippen LogP contribution in [0.1, 0.15) is 66.2 Å². The van der Waals surface area contributed by atoms with Gasteiger partial charge in [-0.15, -0.1) is 0 Å². The predicted molar refractivity (Wildman–Crippen MR) is 135 cm³/mol. The third-order valence-electron chi connectivity index (χ3n) is 6.23. The molecule has 0 aliphatic carbocycles. The second kappa shape index (κ2) is 10.9. The number of pyridine rings is 1. The van der Waals surface area contributed by atoms with Crippen LogP contribution in [0.4, 0.5) is 18.9 Å². The molecule has 13 heteroatoms. The number of rotatable bonds is 6. The fourth-order valence-corrected chi connectivity index (χ4v) is 4.33. The highest BCUT2D eigenvalue weighted by molar-refractivity contribution is 6.09. The van der Waals surface area contributed by atoms with E-state index >= 15 is 0 Å². The number of alkyl halides is 3. The molecule has 1 fully saturated rings. The number of piperidine rings is 1. The fourth-order valence-electron chi connectivity index (χ4n) is 4.33. The van der Waals surface area contributed by atoms with Gasteiger partial charge in [0, 0.05) is 24.7 Å². The molecule has 3 aromatic rings. The Kier molecular flexibility index (Phi) is 7.96. The standard InChI is InChI=1S/C26H30F3N5O5/c1-25(2,3)39-24(37)33-10-8-16(9-11-33)34-14-15-12-20(17(23(36)38-4)13-19(15)32-34)31-22(35)18-6-5-7-21(30-18)26(27,28)29/h5-7,12-14,16,24,37H,8-11H2,1-4H3,(H,31,35). The van der Waals surface area contributed by atoms with Crippen LogP contribution in [-0.4, -0.2) is 68.9 Å². The van der Waals surface area contributed by atoms with Crippen molar-refractivity contribution in [3.05, 3.63) is 53.5 Å². The molecular formula is C26H30F3N5O5. The first-order valence-corrected chi connectivity index (χ1v) is 12.3. The second-order valence-electron chi connectivity index (χ2n) is 10.2. The number of likely N-dealkylation sites (tertiary alicyclic amines) is 1. The van der Waals surface area contributed by atoms with Crippen LogP contribution < -0.4 is 5.32 Å². The number of methoxy groups -OCH3 is 1. The van der Waals surface area contributed by atoms with Crippen LogP contribution in [0.2, 0.25) is 0 Å². The number of aromatic nitrogens is 3. The van der Waals surface area contributed by atoms with Gasteiger partial charge in [0.15, 0.2) is 0 Å². The molecule has 0 radical (unpaired) electrons. The molecule has 1 aliphatic rings. The van der Waals surface area contributed by atoms with E-state index in [4.69, 9.17) is 9.47 Å². The topological polar surface area (TPSA) is 119 Å². The summed E-state index contributed by atoms with van der Waals surface area (Å²) < 4.78 is 51.4. The Hall–Kier alpha value is -3.55. The third-order valence-corrected chi connectivity index (χ3v) is 6.23. The van der Waals surface area contributed by atoms with E-state index < -0.39 is 41.5 Å². The SMILES string of the molecule is COC(=O)c1cc2nn(C3CCN(C(O)OC(C)(C)C)CC3)cc2cc1NC(=O)c1cccc(C(F)(F)F)n1. The average Bonchev–Trinajstić information content (AvgIpc) is 3.29. The second-order valence-corrected chi connectivity index (χ2v) is 10.2. The average molecular weight is 550 g/mol. The van der Waals surface area contributed by atoms with Gasteiger partial charge in [-0.2, -0.15) is 18.3 Å². The van der Waals surface area contributed by atoms with Gasteiger partial charge in [-0.3, -0.25) is 14.4 Å². The molecule has 4 rings (SSSR count). The zero-order valence-corrected chi connectivity index (χ0v) is 22.0. The summed E-state index contributed by atoms with van der Waals surface area (Å²) in [4.78, 5) is 30.5. The number of carbonyl (C=O) groups excluding carboxylic acids is 2. The number of hydrogen-bond donors (Lipinski definition) is 2. The number of nitrogens with zero attached hydrogens (tertiary/aromatic N) is 4. The lowest BCUT2D eigenvalue weighted by atomic mass is 10.1. The highest BCUT2D eigenvalue weighted by Gasteiger charge is 2.33. The maximum atomic E-state index is 13.0. The lowest BCUT2D eigenvalue weighted by Crippen LogP contribution is -2.46. The number of amides is 1. The van der Waals surface area contributed by atoms with E-state index in [2.05, 4.69) is 15.4 Å². The molecule has 210 valence electrons. The van der Waals surface area contributed by atoms with Crippen molar-refractivity contribution < 1.29 is 37.3 Å². The first kappa shape index (κ1) is 28.5. The molecule has 1 amide bonds. The third kappa shape index (κ3) is 6.72. The van der Waals surface area contributed by atoms with Gasteiger partial charge < -0.3 is 19.9 Å². The van der Waals surface area contributed by atoms with E-state index in [9.17, 15) is 27.9 Å². The van der Waals surface area contributed by atoms with Crippen molar-refractivity contribution in [3.8, 4) is 0 Å². The normalized spacial score (nSPS) is 16.3. The number of hydrogen-bond acceptors (Lipinski definition) is 8. The molecular weight excluding hydrogens is 519 g/mol. The number of aliphatic hydroxyl groups excluding tert-OH is 1. The summed E-state index contributed by atoms with van der Waals surface area (Å²) >= 11 is 0. The predicted octanol–water partition coefficient (Wildman–Crippen LogP) is 4.22. The summed E-state index contributed by atoms with van der Waals surface area (Å²) in [7, 11) is 1.18. The van der Waals surface area contributed by atoms with Crippen LogP contribution in [0.3, 0.4) is 0 Å². The Labute approximate surface area is 222 Å². The molecule has 39 heavy (non-hydrogen) atoms. The van der Waals surface area contributed by atoms with Gasteiger partial charge in [0.05, 0.1) is 35.5 Å². The zero-order chi connectivity index (χ0) is 28.5. The minimum absolute atomic E-state index is 0.00662. The van der Waals surface area contributed by atoms with E-state index in [-0.39, 0.29) is 17.3 Å². The minimum atomic E-state index is -4.71. The molecule has 0 saturated carbocycles. The first-order chi connectivity index (χ1) is 18.2. The summed E-state index contributed by atoms with van der Waals surface area (Å²) in [6.07, 6.45) is -2.57. The number of benzene rings is 1. The Morgan fingerprint density at radius 2 is 1.85 bits per heavy atom. The number of halogens is 3. The van der Waals surface area contributed by atoms with Gasteiger partial charge in [0.25, 0.3) is 5.91 Å². The summed E-state index contributed by atoms with van der Waals surface area (Å²) in [5.74, 6) is -1.67. The Morgan fingerprint density at radius 3 is 2.46 bits per heavy atom. The van der Waals surface area contributed by atoms with Crippen LogP contribution >= 0.6 is 0 Å². The molecule has 3 heterocycles. The van der Waals surface area contributed by atoms with Crippen molar-refractivity contribution in [1.82, 2.24) is 19.7 Å². The van der Waals surface area contributed by atoms with Crippen LogP contribution in [0.5, 0.6) is 0 Å². The molecule has 1 aromatic carbocycles. The number of ether oxygens (including phenoxy) is 2. The van der Waals surface area contributed by atoms with Crippen molar-refractivity contribution >= 4 is 28.5 Å². The zero-order valence-electron chi connectivity index (χ0n) is 22.0. The molecule has 1 aliphatic heterocycles. The maximum Gasteiger partial charge on any atom is 0.433 e. The van der Waals surface area contributed by atoms with E-state index in [0.717, 1.165) is 18.2 Å². The van der Waals surface area contributed by atoms with Crippen molar-refractivity contribution in [3.63, 3.8) is 0 Å². The van der Waals surface area contributed by atoms with Crippen LogP contribution in [0, 0.1) is 0 Å². The lowest BCUT2D eigenvalue weighted by Gasteiger charge is -2.37. The number of carbonyl (C=O) groups is 2. The minimum Gasteiger partial charge on any atom is -0.465 e. The largest absolute Gasteiger partial charge is 0.465 e. The molecule has 0 spiro atoms. The van der Waals surface area contributed by atoms with E-state index in [1.807, 2.05) is 25.7 Å². The smallest absolute Gasteiger partial charge is 0.433 e. The number of aliphatic hydroxyl groups is 1. The summed E-state index contributed by atoms with van der Waals surface area (Å²) in [5.41, 5.74) is -1.63. The van der Waals surface area contributed by atoms with Crippen molar-refractivity contribution in [1.29, 1.82) is 0 Å². The molecule has 10 nitrogen and oxygen atoms in total. The van der Waals surface area contributed by atoms with Crippen molar-refractivity contribution in [2.45, 2.75) is 57.8 Å². The van der Waals surface area contributed by atoms with Gasteiger partial charge >= 0.3 is 12.1 Å². The van der Waals surface area contributed by atoms with Crippen LogP contribution in [0.15, 0.2) is 36.5 Å². The molecule has 2 N–H and O–H groups in total. The molecule has 1 saturated heterocycles. The molecule has 1 atom stereocenters. The van der Waals surface area contributed by atoms with Crippen LogP contribution in [-0.2, 0) is 15.7 Å². The van der Waals surface area contributed by atoms with E-state index in [1.165, 1.54) is 19.2 Å². The number of nitrogens with one attached hydrogen (secondary N) is 1. The molecule has 2 aromatic heterocycles. The molecule has 0 bridgehead atoms. The van der Waals surface area contributed by atoms with E-state index in [1.54, 1.807) is 10.9 Å². The summed E-state index contributed by atoms with van der Waals surface area (Å²) in [6.45, 7) is 6.77. The Balaban J connectivity index is 1.56. The first-order valence-electron chi connectivity index (χ1n) is 12.3. The lowest BCUT2D eigenvalue weighted by molar-refractivity contribution is -0.243. The maximum absolute atomic E-state index is 13.0. The van der Waals surface area contributed by atoms with E-state index in [0.29, 0.717) is 36.8 Å². The van der Waals surface area contributed by atoms with Gasteiger partial charge in [0.1, 0.15) is 11.4 Å². The van der Waals surface area contributed by atoms with Gasteiger partial charge in [0.2, 0.25) is 6.41 Å². The number of fused-ring (bicyclic) bond motifs is 1. The highest BCUT2D eigenvalue weighted by Crippen LogP contribution is 2.30. The highest BCUT2D eigenvalue weighted by atomic mass is 19.4. The van der Waals surface area contributed by atoms with Gasteiger partial charge in [-0.05, 0) is 57.9 Å². The Morgan fingerprint density at radius 1 is 1.15 bits per heavy atom. The number of anilines is 1. The van der Waals surface area contributed by atoms with Crippen molar-refractivity contribution in [2.24, 2.45) is 0 Å².